The summed E-state index contributed by atoms with van der Waals surface area (Å²) in [5, 5.41) is 29.5. The van der Waals surface area contributed by atoms with Gasteiger partial charge in [-0.25, -0.2) is 4.98 Å². The van der Waals surface area contributed by atoms with E-state index >= 15 is 0 Å². The molecule has 0 aromatic carbocycles. The molecule has 3 rings (SSSR count). The number of hydrogen-bond acceptors (Lipinski definition) is 7. The lowest BCUT2D eigenvalue weighted by Gasteiger charge is -2.38. The first-order valence-corrected chi connectivity index (χ1v) is 7.48. The van der Waals surface area contributed by atoms with Gasteiger partial charge in [0.1, 0.15) is 5.52 Å². The molecule has 22 heavy (non-hydrogen) atoms. The van der Waals surface area contributed by atoms with E-state index in [1.54, 1.807) is 10.9 Å². The Morgan fingerprint density at radius 3 is 2.59 bits per heavy atom. The van der Waals surface area contributed by atoms with Crippen molar-refractivity contribution in [2.45, 2.75) is 25.0 Å². The SMILES string of the molecule is Nc1nc(Cl)c2ncn(C3CC(CO)C(CO)CC3O)c2n1. The zero-order valence-electron chi connectivity index (χ0n) is 11.8. The zero-order chi connectivity index (χ0) is 15.9. The van der Waals surface area contributed by atoms with Crippen LogP contribution in [-0.4, -0.2) is 54.2 Å². The van der Waals surface area contributed by atoms with E-state index in [1.807, 2.05) is 0 Å². The monoisotopic (exact) mass is 327 g/mol. The summed E-state index contributed by atoms with van der Waals surface area (Å²) in [6.07, 6.45) is 1.79. The lowest BCUT2D eigenvalue weighted by atomic mass is 9.76. The number of nitrogens with two attached hydrogens (primary N) is 1. The molecule has 1 aliphatic carbocycles. The molecule has 0 radical (unpaired) electrons. The molecule has 0 spiro atoms. The van der Waals surface area contributed by atoms with Crippen molar-refractivity contribution >= 4 is 28.7 Å². The van der Waals surface area contributed by atoms with Gasteiger partial charge in [-0.1, -0.05) is 11.6 Å². The summed E-state index contributed by atoms with van der Waals surface area (Å²) in [6.45, 7) is -0.0976. The van der Waals surface area contributed by atoms with Crippen LogP contribution >= 0.6 is 11.6 Å². The van der Waals surface area contributed by atoms with Gasteiger partial charge in [-0.2, -0.15) is 9.97 Å². The number of imidazole rings is 1. The average Bonchev–Trinajstić information content (AvgIpc) is 2.90. The second kappa shape index (κ2) is 5.96. The number of aliphatic hydroxyl groups excluding tert-OH is 3. The lowest BCUT2D eigenvalue weighted by Crippen LogP contribution is -2.39. The number of nitrogens with zero attached hydrogens (tertiary/aromatic N) is 4. The summed E-state index contributed by atoms with van der Waals surface area (Å²) < 4.78 is 1.72. The molecule has 120 valence electrons. The zero-order valence-corrected chi connectivity index (χ0v) is 12.6. The van der Waals surface area contributed by atoms with Gasteiger partial charge in [-0.05, 0) is 24.7 Å². The highest BCUT2D eigenvalue weighted by Gasteiger charge is 2.37. The Bertz CT molecular complexity index is 679. The normalized spacial score (nSPS) is 29.1. The number of nitrogen functional groups attached to an aromatic ring is 1. The minimum Gasteiger partial charge on any atom is -0.396 e. The topological polar surface area (TPSA) is 130 Å². The molecule has 9 heteroatoms. The summed E-state index contributed by atoms with van der Waals surface area (Å²) in [6, 6.07) is -0.310. The highest BCUT2D eigenvalue weighted by molar-refractivity contribution is 6.33. The molecule has 1 saturated carbocycles. The highest BCUT2D eigenvalue weighted by atomic mass is 35.5. The van der Waals surface area contributed by atoms with Gasteiger partial charge >= 0.3 is 0 Å². The van der Waals surface area contributed by atoms with E-state index < -0.39 is 6.10 Å². The highest BCUT2D eigenvalue weighted by Crippen LogP contribution is 2.38. The van der Waals surface area contributed by atoms with Crippen molar-refractivity contribution in [1.82, 2.24) is 19.5 Å². The first-order valence-electron chi connectivity index (χ1n) is 7.10. The largest absolute Gasteiger partial charge is 0.396 e. The summed E-state index contributed by atoms with van der Waals surface area (Å²) in [7, 11) is 0. The van der Waals surface area contributed by atoms with Gasteiger partial charge in [-0.3, -0.25) is 0 Å². The first kappa shape index (κ1) is 15.4. The van der Waals surface area contributed by atoms with Gasteiger partial charge in [0.25, 0.3) is 0 Å². The van der Waals surface area contributed by atoms with Crippen molar-refractivity contribution in [3.63, 3.8) is 0 Å². The maximum absolute atomic E-state index is 10.4. The molecule has 0 aliphatic heterocycles. The quantitative estimate of drug-likeness (QED) is 0.582. The van der Waals surface area contributed by atoms with Gasteiger partial charge in [0.15, 0.2) is 10.8 Å². The maximum atomic E-state index is 10.4. The van der Waals surface area contributed by atoms with E-state index in [2.05, 4.69) is 15.0 Å². The Morgan fingerprint density at radius 1 is 1.23 bits per heavy atom. The molecular formula is C13H18ClN5O3. The number of rotatable bonds is 3. The molecule has 1 aliphatic rings. The van der Waals surface area contributed by atoms with Gasteiger partial charge in [-0.15, -0.1) is 0 Å². The fourth-order valence-electron chi connectivity index (χ4n) is 3.21. The van der Waals surface area contributed by atoms with E-state index in [0.717, 1.165) is 0 Å². The van der Waals surface area contributed by atoms with Gasteiger partial charge < -0.3 is 25.6 Å². The van der Waals surface area contributed by atoms with Crippen molar-refractivity contribution in [2.75, 3.05) is 18.9 Å². The fourth-order valence-corrected chi connectivity index (χ4v) is 3.43. The summed E-state index contributed by atoms with van der Waals surface area (Å²) >= 11 is 6.01. The summed E-state index contributed by atoms with van der Waals surface area (Å²) in [5.41, 5.74) is 6.51. The Kier molecular flexibility index (Phi) is 4.18. The molecule has 1 fully saturated rings. The Hall–Kier alpha value is -1.48. The van der Waals surface area contributed by atoms with E-state index in [9.17, 15) is 15.3 Å². The molecule has 0 amide bonds. The third-order valence-corrected chi connectivity index (χ3v) is 4.69. The minimum atomic E-state index is -0.674. The smallest absolute Gasteiger partial charge is 0.223 e. The van der Waals surface area contributed by atoms with Crippen LogP contribution in [0.15, 0.2) is 6.33 Å². The molecule has 2 heterocycles. The second-order valence-electron chi connectivity index (χ2n) is 5.69. The Balaban J connectivity index is 2.00. The number of fused-ring (bicyclic) bond motifs is 1. The van der Waals surface area contributed by atoms with Crippen LogP contribution in [0.5, 0.6) is 0 Å². The van der Waals surface area contributed by atoms with Crippen LogP contribution in [0.1, 0.15) is 18.9 Å². The number of halogens is 1. The molecule has 2 aromatic rings. The van der Waals surface area contributed by atoms with Crippen LogP contribution in [0.3, 0.4) is 0 Å². The van der Waals surface area contributed by atoms with Gasteiger partial charge in [0.2, 0.25) is 5.95 Å². The second-order valence-corrected chi connectivity index (χ2v) is 6.05. The van der Waals surface area contributed by atoms with Crippen LogP contribution in [0, 0.1) is 11.8 Å². The first-order chi connectivity index (χ1) is 10.5. The van der Waals surface area contributed by atoms with E-state index in [1.165, 1.54) is 0 Å². The molecule has 0 saturated heterocycles. The van der Waals surface area contributed by atoms with Crippen molar-refractivity contribution in [1.29, 1.82) is 0 Å². The number of aliphatic hydroxyl groups is 3. The molecule has 8 nitrogen and oxygen atoms in total. The average molecular weight is 328 g/mol. The third kappa shape index (κ3) is 2.52. The number of anilines is 1. The van der Waals surface area contributed by atoms with E-state index in [-0.39, 0.29) is 42.2 Å². The molecule has 2 aromatic heterocycles. The number of hydrogen-bond donors (Lipinski definition) is 4. The van der Waals surface area contributed by atoms with Crippen molar-refractivity contribution in [3.8, 4) is 0 Å². The predicted molar refractivity (Wildman–Crippen MR) is 80.2 cm³/mol. The van der Waals surface area contributed by atoms with Crippen LogP contribution in [0.2, 0.25) is 5.15 Å². The standard InChI is InChI=1S/C13H18ClN5O3/c14-11-10-12(18-13(15)17-11)19(5-16-10)8-1-6(3-20)7(4-21)2-9(8)22/h5-9,20-22H,1-4H2,(H2,15,17,18). The molecule has 4 atom stereocenters. The van der Waals surface area contributed by atoms with Crippen LogP contribution < -0.4 is 5.73 Å². The van der Waals surface area contributed by atoms with Crippen molar-refractivity contribution in [2.24, 2.45) is 11.8 Å². The van der Waals surface area contributed by atoms with Gasteiger partial charge in [0, 0.05) is 13.2 Å². The Labute approximate surface area is 131 Å². The van der Waals surface area contributed by atoms with Crippen molar-refractivity contribution in [3.05, 3.63) is 11.5 Å². The lowest BCUT2D eigenvalue weighted by molar-refractivity contribution is -0.0139. The minimum absolute atomic E-state index is 0.0384. The summed E-state index contributed by atoms with van der Waals surface area (Å²) in [4.78, 5) is 12.2. The van der Waals surface area contributed by atoms with Gasteiger partial charge in [0.05, 0.1) is 18.5 Å². The van der Waals surface area contributed by atoms with Crippen LogP contribution in [0.4, 0.5) is 5.95 Å². The maximum Gasteiger partial charge on any atom is 0.223 e. The van der Waals surface area contributed by atoms with E-state index in [0.29, 0.717) is 24.0 Å². The number of aromatic nitrogens is 4. The third-order valence-electron chi connectivity index (χ3n) is 4.42. The van der Waals surface area contributed by atoms with Crippen LogP contribution in [-0.2, 0) is 0 Å². The predicted octanol–water partition coefficient (Wildman–Crippen LogP) is -0.0253. The van der Waals surface area contributed by atoms with Crippen LogP contribution in [0.25, 0.3) is 11.2 Å². The molecule has 5 N–H and O–H groups in total. The van der Waals surface area contributed by atoms with Crippen molar-refractivity contribution < 1.29 is 15.3 Å². The summed E-state index contributed by atoms with van der Waals surface area (Å²) in [5.74, 6) is -0.170. The fraction of sp³-hybridized carbons (Fsp3) is 0.615. The van der Waals surface area contributed by atoms with E-state index in [4.69, 9.17) is 17.3 Å². The molecular weight excluding hydrogens is 310 g/mol. The molecule has 4 unspecified atom stereocenters. The Morgan fingerprint density at radius 2 is 1.91 bits per heavy atom. The molecule has 0 bridgehead atoms.